The van der Waals surface area contributed by atoms with Crippen LogP contribution in [0, 0.1) is 5.92 Å². The number of benzene rings is 3. The number of nitrogens with zero attached hydrogens (tertiary/aromatic N) is 1. The fourth-order valence-electron chi connectivity index (χ4n) is 5.52. The average Bonchev–Trinajstić information content (AvgIpc) is 2.94. The fourth-order valence-corrected chi connectivity index (χ4v) is 5.52. The van der Waals surface area contributed by atoms with Crippen LogP contribution >= 0.6 is 0 Å². The standard InChI is InChI=1S/C32H41NO3/c1-31(2,24-34)26-18-16-25(17-19-26)10-9-15-30(35)33-22-20-29(21-23-33)32(36,27-11-5-3-6-12-27)28-13-7-4-8-14-28/h3-8,11-14,16-19,29-30,34-36H,9-10,15,20-24H2,1-2H3. The van der Waals surface area contributed by atoms with Gasteiger partial charge >= 0.3 is 0 Å². The first-order valence-electron chi connectivity index (χ1n) is 13.3. The minimum Gasteiger partial charge on any atom is -0.395 e. The largest absolute Gasteiger partial charge is 0.395 e. The Morgan fingerprint density at radius 1 is 0.806 bits per heavy atom. The SMILES string of the molecule is CC(C)(CO)c1ccc(CCCC(O)N2CCC(C(O)(c3ccccc3)c3ccccc3)CC2)cc1. The van der Waals surface area contributed by atoms with Gasteiger partial charge in [-0.1, -0.05) is 98.8 Å². The van der Waals surface area contributed by atoms with E-state index in [1.165, 1.54) is 5.56 Å². The van der Waals surface area contributed by atoms with Crippen molar-refractivity contribution in [3.8, 4) is 0 Å². The molecule has 3 aromatic carbocycles. The molecule has 0 spiro atoms. The zero-order chi connectivity index (χ0) is 25.6. The van der Waals surface area contributed by atoms with Gasteiger partial charge in [0.25, 0.3) is 0 Å². The Hall–Kier alpha value is -2.50. The summed E-state index contributed by atoms with van der Waals surface area (Å²) in [6, 6.07) is 28.5. The van der Waals surface area contributed by atoms with Gasteiger partial charge in [0.05, 0.1) is 6.61 Å². The Balaban J connectivity index is 1.32. The number of aliphatic hydroxyl groups is 3. The van der Waals surface area contributed by atoms with Crippen LogP contribution in [0.2, 0.25) is 0 Å². The first-order chi connectivity index (χ1) is 17.3. The van der Waals surface area contributed by atoms with Crippen LogP contribution < -0.4 is 0 Å². The molecule has 0 aliphatic carbocycles. The van der Waals surface area contributed by atoms with Gasteiger partial charge in [0.2, 0.25) is 0 Å². The second kappa shape index (κ2) is 11.7. The number of aliphatic hydroxyl groups excluding tert-OH is 2. The smallest absolute Gasteiger partial charge is 0.117 e. The average molecular weight is 488 g/mol. The van der Waals surface area contributed by atoms with Crippen LogP contribution in [-0.4, -0.2) is 46.1 Å². The fraction of sp³-hybridized carbons (Fsp3) is 0.438. The van der Waals surface area contributed by atoms with E-state index in [1.807, 2.05) is 74.5 Å². The Kier molecular flexibility index (Phi) is 8.63. The highest BCUT2D eigenvalue weighted by molar-refractivity contribution is 5.37. The molecule has 0 aromatic heterocycles. The Morgan fingerprint density at radius 3 is 1.83 bits per heavy atom. The second-order valence-corrected chi connectivity index (χ2v) is 10.9. The third-order valence-corrected chi connectivity index (χ3v) is 8.03. The van der Waals surface area contributed by atoms with Crippen molar-refractivity contribution in [1.82, 2.24) is 4.90 Å². The van der Waals surface area contributed by atoms with Crippen molar-refractivity contribution >= 4 is 0 Å². The molecule has 3 aromatic rings. The molecule has 1 atom stereocenters. The lowest BCUT2D eigenvalue weighted by atomic mass is 9.72. The molecule has 3 N–H and O–H groups in total. The molecule has 0 bridgehead atoms. The van der Waals surface area contributed by atoms with Crippen molar-refractivity contribution < 1.29 is 15.3 Å². The normalized spacial score (nSPS) is 16.7. The number of hydrogen-bond donors (Lipinski definition) is 3. The van der Waals surface area contributed by atoms with Crippen molar-refractivity contribution in [2.75, 3.05) is 19.7 Å². The van der Waals surface area contributed by atoms with Crippen LogP contribution in [0.3, 0.4) is 0 Å². The molecule has 4 nitrogen and oxygen atoms in total. The molecule has 1 unspecified atom stereocenters. The lowest BCUT2D eigenvalue weighted by Gasteiger charge is -2.43. The molecule has 4 heteroatoms. The third kappa shape index (κ3) is 5.90. The maximum atomic E-state index is 12.1. The maximum absolute atomic E-state index is 12.1. The van der Waals surface area contributed by atoms with Crippen LogP contribution in [0.4, 0.5) is 0 Å². The Labute approximate surface area is 216 Å². The molecule has 36 heavy (non-hydrogen) atoms. The highest BCUT2D eigenvalue weighted by Crippen LogP contribution is 2.42. The topological polar surface area (TPSA) is 63.9 Å². The predicted molar refractivity (Wildman–Crippen MR) is 146 cm³/mol. The van der Waals surface area contributed by atoms with Gasteiger partial charge in [-0.15, -0.1) is 0 Å². The first kappa shape index (κ1) is 26.6. The summed E-state index contributed by atoms with van der Waals surface area (Å²) in [7, 11) is 0. The monoisotopic (exact) mass is 487 g/mol. The van der Waals surface area contributed by atoms with Gasteiger partial charge in [0.1, 0.15) is 11.8 Å². The summed E-state index contributed by atoms with van der Waals surface area (Å²) in [5.41, 5.74) is 3.01. The van der Waals surface area contributed by atoms with Crippen LogP contribution in [0.25, 0.3) is 0 Å². The van der Waals surface area contributed by atoms with E-state index in [0.29, 0.717) is 0 Å². The zero-order valence-corrected chi connectivity index (χ0v) is 21.7. The van der Waals surface area contributed by atoms with Gasteiger partial charge in [0.15, 0.2) is 0 Å². The highest BCUT2D eigenvalue weighted by Gasteiger charge is 2.42. The zero-order valence-electron chi connectivity index (χ0n) is 21.7. The quantitative estimate of drug-likeness (QED) is 0.366. The summed E-state index contributed by atoms with van der Waals surface area (Å²) in [5.74, 6) is 0.0902. The Bertz CT molecular complexity index is 1020. The first-order valence-corrected chi connectivity index (χ1v) is 13.3. The maximum Gasteiger partial charge on any atom is 0.117 e. The van der Waals surface area contributed by atoms with Crippen molar-refractivity contribution in [1.29, 1.82) is 0 Å². The molecule has 0 amide bonds. The summed E-state index contributed by atoms with van der Waals surface area (Å²) < 4.78 is 0. The number of rotatable bonds is 10. The van der Waals surface area contributed by atoms with E-state index >= 15 is 0 Å². The molecule has 0 saturated carbocycles. The molecular formula is C32H41NO3. The third-order valence-electron chi connectivity index (χ3n) is 8.03. The van der Waals surface area contributed by atoms with E-state index in [-0.39, 0.29) is 17.9 Å². The molecule has 1 aliphatic rings. The highest BCUT2D eigenvalue weighted by atomic mass is 16.3. The molecule has 192 valence electrons. The van der Waals surface area contributed by atoms with E-state index in [4.69, 9.17) is 0 Å². The summed E-state index contributed by atoms with van der Waals surface area (Å²) in [6.45, 7) is 5.77. The summed E-state index contributed by atoms with van der Waals surface area (Å²) in [5, 5.41) is 32.5. The van der Waals surface area contributed by atoms with E-state index in [9.17, 15) is 15.3 Å². The van der Waals surface area contributed by atoms with Crippen molar-refractivity contribution in [2.24, 2.45) is 5.92 Å². The molecule has 1 heterocycles. The number of piperidine rings is 1. The van der Waals surface area contributed by atoms with Crippen LogP contribution in [0.5, 0.6) is 0 Å². The molecule has 4 rings (SSSR count). The van der Waals surface area contributed by atoms with Crippen molar-refractivity contribution in [2.45, 2.75) is 63.2 Å². The summed E-state index contributed by atoms with van der Waals surface area (Å²) in [6.07, 6.45) is 3.78. The second-order valence-electron chi connectivity index (χ2n) is 10.9. The van der Waals surface area contributed by atoms with Gasteiger partial charge in [0, 0.05) is 18.5 Å². The van der Waals surface area contributed by atoms with Gasteiger partial charge in [-0.05, 0) is 60.3 Å². The van der Waals surface area contributed by atoms with Crippen molar-refractivity contribution in [3.63, 3.8) is 0 Å². The Morgan fingerprint density at radius 2 is 1.33 bits per heavy atom. The van der Waals surface area contributed by atoms with Crippen LogP contribution in [0.15, 0.2) is 84.9 Å². The van der Waals surface area contributed by atoms with Crippen LogP contribution in [0.1, 0.15) is 61.8 Å². The predicted octanol–water partition coefficient (Wildman–Crippen LogP) is 5.25. The summed E-state index contributed by atoms with van der Waals surface area (Å²) >= 11 is 0. The summed E-state index contributed by atoms with van der Waals surface area (Å²) in [4.78, 5) is 2.17. The van der Waals surface area contributed by atoms with Gasteiger partial charge in [-0.2, -0.15) is 0 Å². The van der Waals surface area contributed by atoms with Gasteiger partial charge < -0.3 is 15.3 Å². The van der Waals surface area contributed by atoms with Gasteiger partial charge in [-0.25, -0.2) is 0 Å². The molecule has 0 radical (unpaired) electrons. The molecule has 1 saturated heterocycles. The molecule has 1 aliphatic heterocycles. The van der Waals surface area contributed by atoms with Gasteiger partial charge in [-0.3, -0.25) is 4.90 Å². The minimum atomic E-state index is -1.03. The van der Waals surface area contributed by atoms with E-state index < -0.39 is 11.8 Å². The van der Waals surface area contributed by atoms with Crippen molar-refractivity contribution in [3.05, 3.63) is 107 Å². The molecular weight excluding hydrogens is 446 g/mol. The number of likely N-dealkylation sites (tertiary alicyclic amines) is 1. The minimum absolute atomic E-state index is 0.0902. The number of hydrogen-bond acceptors (Lipinski definition) is 4. The molecule has 1 fully saturated rings. The van der Waals surface area contributed by atoms with E-state index in [1.54, 1.807) is 0 Å². The van der Waals surface area contributed by atoms with E-state index in [2.05, 4.69) is 29.2 Å². The van der Waals surface area contributed by atoms with E-state index in [0.717, 1.165) is 61.9 Å². The lowest BCUT2D eigenvalue weighted by molar-refractivity contribution is -0.0606. The van der Waals surface area contributed by atoms with Crippen LogP contribution in [-0.2, 0) is 17.4 Å². The lowest BCUT2D eigenvalue weighted by Crippen LogP contribution is -2.47. The number of aryl methyl sites for hydroxylation is 1.